The molecule has 4 bridgehead atoms. The van der Waals surface area contributed by atoms with E-state index in [1.807, 2.05) is 0 Å². The molecule has 4 nitrogen and oxygen atoms in total. The third-order valence-corrected chi connectivity index (χ3v) is 6.23. The van der Waals surface area contributed by atoms with E-state index in [-0.39, 0.29) is 17.8 Å². The van der Waals surface area contributed by atoms with Gasteiger partial charge >= 0.3 is 5.97 Å². The molecule has 1 atom stereocenters. The minimum atomic E-state index is -0.232. The van der Waals surface area contributed by atoms with Crippen LogP contribution in [0.15, 0.2) is 0 Å². The Morgan fingerprint density at radius 2 is 1.70 bits per heavy atom. The van der Waals surface area contributed by atoms with Gasteiger partial charge in [0.2, 0.25) is 5.91 Å². The van der Waals surface area contributed by atoms with E-state index >= 15 is 0 Å². The molecule has 110 valence electrons. The zero-order valence-electron chi connectivity index (χ0n) is 12.1. The Labute approximate surface area is 119 Å². The fourth-order valence-corrected chi connectivity index (χ4v) is 5.75. The number of hydrogen-bond donors (Lipinski definition) is 0. The number of esters is 1. The predicted molar refractivity (Wildman–Crippen MR) is 72.7 cm³/mol. The summed E-state index contributed by atoms with van der Waals surface area (Å²) in [7, 11) is 1.42. The molecule has 0 aromatic heterocycles. The molecule has 5 aliphatic rings. The standard InChI is InChI=1S/C16H23NO3/c1-20-16(19)13-7-14(18)17(8-13)15-11-3-9-2-10(5-11)6-12(15)4-9/h9-13,15H,2-8H2,1H3. The lowest BCUT2D eigenvalue weighted by Gasteiger charge is -2.56. The van der Waals surface area contributed by atoms with Crippen molar-refractivity contribution in [3.63, 3.8) is 0 Å². The van der Waals surface area contributed by atoms with Crippen LogP contribution in [0.4, 0.5) is 0 Å². The predicted octanol–water partition coefficient (Wildman–Crippen LogP) is 1.83. The van der Waals surface area contributed by atoms with Crippen molar-refractivity contribution in [1.29, 1.82) is 0 Å². The topological polar surface area (TPSA) is 46.6 Å². The van der Waals surface area contributed by atoms with Gasteiger partial charge in [-0.1, -0.05) is 0 Å². The van der Waals surface area contributed by atoms with E-state index in [1.54, 1.807) is 0 Å². The first-order chi connectivity index (χ1) is 9.65. The van der Waals surface area contributed by atoms with Crippen LogP contribution < -0.4 is 0 Å². The van der Waals surface area contributed by atoms with Crippen LogP contribution in [0.25, 0.3) is 0 Å². The lowest BCUT2D eigenvalue weighted by molar-refractivity contribution is -0.145. The van der Waals surface area contributed by atoms with E-state index in [1.165, 1.54) is 39.2 Å². The van der Waals surface area contributed by atoms with Crippen molar-refractivity contribution < 1.29 is 14.3 Å². The Balaban J connectivity index is 1.53. The number of nitrogens with zero attached hydrogens (tertiary/aromatic N) is 1. The molecule has 1 unspecified atom stereocenters. The molecule has 4 heteroatoms. The summed E-state index contributed by atoms with van der Waals surface area (Å²) in [6, 6.07) is 0.421. The molecule has 0 N–H and O–H groups in total. The van der Waals surface area contributed by atoms with E-state index < -0.39 is 0 Å². The van der Waals surface area contributed by atoms with Gasteiger partial charge in [-0.3, -0.25) is 9.59 Å². The number of carbonyl (C=O) groups excluding carboxylic acids is 2. The van der Waals surface area contributed by atoms with Gasteiger partial charge in [-0.25, -0.2) is 0 Å². The average Bonchev–Trinajstić information content (AvgIpc) is 2.79. The first-order valence-electron chi connectivity index (χ1n) is 8.03. The molecule has 0 aromatic carbocycles. The normalized spacial score (nSPS) is 46.0. The molecule has 0 radical (unpaired) electrons. The molecule has 1 amide bonds. The number of ether oxygens (including phenoxy) is 1. The van der Waals surface area contributed by atoms with Crippen molar-refractivity contribution in [3.8, 4) is 0 Å². The van der Waals surface area contributed by atoms with Crippen LogP contribution in [0.3, 0.4) is 0 Å². The van der Waals surface area contributed by atoms with Crippen LogP contribution in [-0.2, 0) is 14.3 Å². The van der Waals surface area contributed by atoms with Gasteiger partial charge in [-0.2, -0.15) is 0 Å². The Bertz CT molecular complexity index is 419. The molecule has 5 rings (SSSR count). The van der Waals surface area contributed by atoms with Crippen LogP contribution in [0, 0.1) is 29.6 Å². The molecular weight excluding hydrogens is 254 g/mol. The van der Waals surface area contributed by atoms with Crippen molar-refractivity contribution in [2.24, 2.45) is 29.6 Å². The summed E-state index contributed by atoms with van der Waals surface area (Å²) < 4.78 is 4.82. The van der Waals surface area contributed by atoms with Crippen molar-refractivity contribution in [2.45, 2.75) is 44.6 Å². The maximum Gasteiger partial charge on any atom is 0.310 e. The Morgan fingerprint density at radius 3 is 2.25 bits per heavy atom. The van der Waals surface area contributed by atoms with Gasteiger partial charge in [0.15, 0.2) is 0 Å². The average molecular weight is 277 g/mol. The van der Waals surface area contributed by atoms with Gasteiger partial charge in [-0.15, -0.1) is 0 Å². The molecule has 1 saturated heterocycles. The Kier molecular flexibility index (Phi) is 2.83. The lowest BCUT2D eigenvalue weighted by atomic mass is 9.54. The van der Waals surface area contributed by atoms with Crippen molar-refractivity contribution in [1.82, 2.24) is 4.90 Å². The number of likely N-dealkylation sites (tertiary alicyclic amines) is 1. The third-order valence-electron chi connectivity index (χ3n) is 6.23. The SMILES string of the molecule is COC(=O)C1CC(=O)N(C2C3CC4CC(C3)CC2C4)C1. The second kappa shape index (κ2) is 4.47. The minimum absolute atomic E-state index is 0.179. The number of methoxy groups -OCH3 is 1. The molecule has 5 fully saturated rings. The number of hydrogen-bond acceptors (Lipinski definition) is 3. The fraction of sp³-hybridized carbons (Fsp3) is 0.875. The summed E-state index contributed by atoms with van der Waals surface area (Å²) in [6.07, 6.45) is 7.03. The highest BCUT2D eigenvalue weighted by atomic mass is 16.5. The van der Waals surface area contributed by atoms with Crippen LogP contribution in [0.5, 0.6) is 0 Å². The van der Waals surface area contributed by atoms with Gasteiger partial charge in [0.1, 0.15) is 0 Å². The monoisotopic (exact) mass is 277 g/mol. The summed E-state index contributed by atoms with van der Waals surface area (Å²) >= 11 is 0. The molecule has 0 spiro atoms. The molecule has 1 aliphatic heterocycles. The third kappa shape index (κ3) is 1.80. The smallest absolute Gasteiger partial charge is 0.310 e. The largest absolute Gasteiger partial charge is 0.469 e. The van der Waals surface area contributed by atoms with Gasteiger partial charge in [0.05, 0.1) is 13.0 Å². The maximum absolute atomic E-state index is 12.3. The van der Waals surface area contributed by atoms with Gasteiger partial charge in [0, 0.05) is 19.0 Å². The van der Waals surface area contributed by atoms with E-state index in [4.69, 9.17) is 4.74 Å². The van der Waals surface area contributed by atoms with E-state index in [9.17, 15) is 9.59 Å². The molecule has 20 heavy (non-hydrogen) atoms. The lowest BCUT2D eigenvalue weighted by Crippen LogP contribution is -2.56. The van der Waals surface area contributed by atoms with Crippen molar-refractivity contribution in [2.75, 3.05) is 13.7 Å². The molecular formula is C16H23NO3. The zero-order valence-corrected chi connectivity index (χ0v) is 12.1. The van der Waals surface area contributed by atoms with Crippen molar-refractivity contribution >= 4 is 11.9 Å². The van der Waals surface area contributed by atoms with E-state index in [2.05, 4.69) is 4.90 Å². The highest BCUT2D eigenvalue weighted by molar-refractivity contribution is 5.87. The van der Waals surface area contributed by atoms with Gasteiger partial charge in [-0.05, 0) is 55.8 Å². The summed E-state index contributed by atoms with van der Waals surface area (Å²) in [5, 5.41) is 0. The summed E-state index contributed by atoms with van der Waals surface area (Å²) in [4.78, 5) is 26.1. The molecule has 4 aliphatic carbocycles. The van der Waals surface area contributed by atoms with Gasteiger partial charge in [0.25, 0.3) is 0 Å². The second-order valence-electron chi connectivity index (χ2n) is 7.39. The van der Waals surface area contributed by atoms with Crippen LogP contribution in [0.2, 0.25) is 0 Å². The van der Waals surface area contributed by atoms with Crippen LogP contribution in [0.1, 0.15) is 38.5 Å². The van der Waals surface area contributed by atoms with Crippen LogP contribution >= 0.6 is 0 Å². The first kappa shape index (κ1) is 12.7. The summed E-state index contributed by atoms with van der Waals surface area (Å²) in [6.45, 7) is 0.596. The van der Waals surface area contributed by atoms with Gasteiger partial charge < -0.3 is 9.64 Å². The highest BCUT2D eigenvalue weighted by Crippen LogP contribution is 2.55. The summed E-state index contributed by atoms with van der Waals surface area (Å²) in [5.41, 5.74) is 0. The quantitative estimate of drug-likeness (QED) is 0.723. The Hall–Kier alpha value is -1.06. The highest BCUT2D eigenvalue weighted by Gasteiger charge is 2.52. The number of amides is 1. The van der Waals surface area contributed by atoms with E-state index in [0.29, 0.717) is 30.8 Å². The number of rotatable bonds is 2. The maximum atomic E-state index is 12.3. The molecule has 4 saturated carbocycles. The Morgan fingerprint density at radius 1 is 1.10 bits per heavy atom. The first-order valence-corrected chi connectivity index (χ1v) is 8.03. The zero-order chi connectivity index (χ0) is 13.9. The second-order valence-corrected chi connectivity index (χ2v) is 7.39. The minimum Gasteiger partial charge on any atom is -0.469 e. The summed E-state index contributed by atoms with van der Waals surface area (Å²) in [5.74, 6) is 2.97. The van der Waals surface area contributed by atoms with Crippen LogP contribution in [-0.4, -0.2) is 36.5 Å². The number of carbonyl (C=O) groups is 2. The molecule has 1 heterocycles. The van der Waals surface area contributed by atoms with Crippen molar-refractivity contribution in [3.05, 3.63) is 0 Å². The fourth-order valence-electron chi connectivity index (χ4n) is 5.75. The molecule has 0 aromatic rings. The van der Waals surface area contributed by atoms with E-state index in [0.717, 1.165) is 11.8 Å².